The molecule has 2 fully saturated rings. The van der Waals surface area contributed by atoms with Crippen LogP contribution in [0.3, 0.4) is 0 Å². The monoisotopic (exact) mass is 267 g/mol. The van der Waals surface area contributed by atoms with Crippen LogP contribution < -0.4 is 4.90 Å². The molecule has 1 saturated heterocycles. The Labute approximate surface area is 112 Å². The summed E-state index contributed by atoms with van der Waals surface area (Å²) in [6, 6.07) is 1.86. The second-order valence-corrected chi connectivity index (χ2v) is 6.10. The highest BCUT2D eigenvalue weighted by Gasteiger charge is 2.31. The Morgan fingerprint density at radius 2 is 2.17 bits per heavy atom. The molecule has 0 unspecified atom stereocenters. The second-order valence-electron chi connectivity index (χ2n) is 5.71. The Hall–Kier alpha value is -0.870. The lowest BCUT2D eigenvalue weighted by Gasteiger charge is -2.38. The van der Waals surface area contributed by atoms with Crippen molar-refractivity contribution < 1.29 is 4.74 Å². The largest absolute Gasteiger partial charge is 0.372 e. The molecule has 1 aliphatic heterocycles. The lowest BCUT2D eigenvalue weighted by molar-refractivity contribution is -0.0279. The van der Waals surface area contributed by atoms with Crippen molar-refractivity contribution in [1.29, 1.82) is 0 Å². The van der Waals surface area contributed by atoms with E-state index in [-0.39, 0.29) is 5.60 Å². The Balaban J connectivity index is 1.86. The van der Waals surface area contributed by atoms with E-state index in [1.165, 1.54) is 12.8 Å². The quantitative estimate of drug-likeness (QED) is 0.772. The van der Waals surface area contributed by atoms with E-state index < -0.39 is 0 Å². The smallest absolute Gasteiger partial charge is 0.135 e. The van der Waals surface area contributed by atoms with Gasteiger partial charge in [-0.05, 0) is 26.7 Å². The summed E-state index contributed by atoms with van der Waals surface area (Å²) in [7, 11) is 0. The van der Waals surface area contributed by atoms with E-state index in [0.717, 1.165) is 31.3 Å². The van der Waals surface area contributed by atoms with Gasteiger partial charge in [0.25, 0.3) is 0 Å². The number of anilines is 1. The van der Waals surface area contributed by atoms with Crippen molar-refractivity contribution in [2.24, 2.45) is 0 Å². The summed E-state index contributed by atoms with van der Waals surface area (Å²) in [6.07, 6.45) is 2.38. The summed E-state index contributed by atoms with van der Waals surface area (Å²) in [5.41, 5.74) is -0.130. The van der Waals surface area contributed by atoms with E-state index in [4.69, 9.17) is 16.3 Å². The number of morpholine rings is 1. The van der Waals surface area contributed by atoms with Gasteiger partial charge in [-0.25, -0.2) is 9.97 Å². The number of hydrogen-bond acceptors (Lipinski definition) is 4. The molecule has 1 aliphatic carbocycles. The first-order chi connectivity index (χ1) is 8.53. The Morgan fingerprint density at radius 1 is 1.39 bits per heavy atom. The Kier molecular flexibility index (Phi) is 2.94. The second kappa shape index (κ2) is 4.35. The van der Waals surface area contributed by atoms with Crippen LogP contribution in [0.1, 0.15) is 38.4 Å². The van der Waals surface area contributed by atoms with Crippen LogP contribution in [-0.4, -0.2) is 35.3 Å². The summed E-state index contributed by atoms with van der Waals surface area (Å²) in [5, 5.41) is 0.547. The fourth-order valence-corrected chi connectivity index (χ4v) is 2.51. The van der Waals surface area contributed by atoms with Crippen molar-refractivity contribution in [2.45, 2.75) is 38.2 Å². The van der Waals surface area contributed by atoms with Crippen molar-refractivity contribution in [2.75, 3.05) is 24.6 Å². The molecule has 4 nitrogen and oxygen atoms in total. The summed E-state index contributed by atoms with van der Waals surface area (Å²) < 4.78 is 5.72. The SMILES string of the molecule is CC1(C)CN(c2cc(Cl)nc(C3CC3)n2)CCO1. The van der Waals surface area contributed by atoms with Crippen LogP contribution in [0.25, 0.3) is 0 Å². The average Bonchev–Trinajstić information content (AvgIpc) is 3.10. The first-order valence-electron chi connectivity index (χ1n) is 6.47. The number of ether oxygens (including phenoxy) is 1. The van der Waals surface area contributed by atoms with Crippen molar-refractivity contribution in [3.63, 3.8) is 0 Å². The maximum Gasteiger partial charge on any atom is 0.135 e. The molecule has 18 heavy (non-hydrogen) atoms. The highest BCUT2D eigenvalue weighted by Crippen LogP contribution is 2.39. The number of halogens is 1. The fourth-order valence-electron chi connectivity index (χ4n) is 2.32. The summed E-state index contributed by atoms with van der Waals surface area (Å²) in [6.45, 7) is 6.63. The molecule has 0 atom stereocenters. The summed E-state index contributed by atoms with van der Waals surface area (Å²) in [5.74, 6) is 2.37. The summed E-state index contributed by atoms with van der Waals surface area (Å²) >= 11 is 6.10. The molecule has 2 heterocycles. The zero-order chi connectivity index (χ0) is 12.8. The zero-order valence-electron chi connectivity index (χ0n) is 10.8. The topological polar surface area (TPSA) is 38.2 Å². The van der Waals surface area contributed by atoms with E-state index >= 15 is 0 Å². The first-order valence-corrected chi connectivity index (χ1v) is 6.85. The van der Waals surface area contributed by atoms with Crippen molar-refractivity contribution >= 4 is 17.4 Å². The van der Waals surface area contributed by atoms with Gasteiger partial charge >= 0.3 is 0 Å². The van der Waals surface area contributed by atoms with Gasteiger partial charge in [0.15, 0.2) is 0 Å². The van der Waals surface area contributed by atoms with Crippen LogP contribution in [0.4, 0.5) is 5.82 Å². The van der Waals surface area contributed by atoms with E-state index in [9.17, 15) is 0 Å². The Bertz CT molecular complexity index is 460. The van der Waals surface area contributed by atoms with Gasteiger partial charge in [0.05, 0.1) is 12.2 Å². The fraction of sp³-hybridized carbons (Fsp3) is 0.692. The zero-order valence-corrected chi connectivity index (χ0v) is 11.6. The normalized spacial score (nSPS) is 23.2. The molecule has 0 amide bonds. The van der Waals surface area contributed by atoms with Crippen molar-refractivity contribution in [3.05, 3.63) is 17.0 Å². The van der Waals surface area contributed by atoms with E-state index in [2.05, 4.69) is 28.7 Å². The van der Waals surface area contributed by atoms with Crippen LogP contribution in [0.5, 0.6) is 0 Å². The van der Waals surface area contributed by atoms with Gasteiger partial charge in [0, 0.05) is 25.1 Å². The van der Waals surface area contributed by atoms with Crippen LogP contribution in [0, 0.1) is 0 Å². The minimum absolute atomic E-state index is 0.130. The predicted octanol–water partition coefficient (Wildman–Crippen LogP) is 2.62. The number of aromatic nitrogens is 2. The molecular weight excluding hydrogens is 250 g/mol. The van der Waals surface area contributed by atoms with Crippen LogP contribution in [0.2, 0.25) is 5.15 Å². The molecular formula is C13H18ClN3O. The van der Waals surface area contributed by atoms with Crippen LogP contribution >= 0.6 is 11.6 Å². The molecule has 1 aromatic heterocycles. The molecule has 5 heteroatoms. The average molecular weight is 268 g/mol. The Morgan fingerprint density at radius 3 is 2.83 bits per heavy atom. The van der Waals surface area contributed by atoms with Gasteiger partial charge < -0.3 is 9.64 Å². The van der Waals surface area contributed by atoms with E-state index in [0.29, 0.717) is 11.1 Å². The molecule has 0 aromatic carbocycles. The lowest BCUT2D eigenvalue weighted by atomic mass is 10.1. The molecule has 0 bridgehead atoms. The summed E-state index contributed by atoms with van der Waals surface area (Å²) in [4.78, 5) is 11.2. The highest BCUT2D eigenvalue weighted by molar-refractivity contribution is 6.29. The van der Waals surface area contributed by atoms with Gasteiger partial charge in [-0.2, -0.15) is 0 Å². The third kappa shape index (κ3) is 2.59. The van der Waals surface area contributed by atoms with Gasteiger partial charge in [0.2, 0.25) is 0 Å². The lowest BCUT2D eigenvalue weighted by Crippen LogP contribution is -2.48. The van der Waals surface area contributed by atoms with Crippen LogP contribution in [0.15, 0.2) is 6.07 Å². The van der Waals surface area contributed by atoms with Gasteiger partial charge in [-0.3, -0.25) is 0 Å². The van der Waals surface area contributed by atoms with E-state index in [1.54, 1.807) is 0 Å². The molecule has 1 aromatic rings. The van der Waals surface area contributed by atoms with Crippen molar-refractivity contribution in [3.8, 4) is 0 Å². The molecule has 3 rings (SSSR count). The van der Waals surface area contributed by atoms with Crippen LogP contribution in [-0.2, 0) is 4.74 Å². The maximum absolute atomic E-state index is 6.10. The standard InChI is InChI=1S/C13H18ClN3O/c1-13(2)8-17(5-6-18-13)11-7-10(14)15-12(16-11)9-3-4-9/h7,9H,3-6,8H2,1-2H3. The molecule has 0 spiro atoms. The molecule has 1 saturated carbocycles. The molecule has 98 valence electrons. The third-order valence-corrected chi connectivity index (χ3v) is 3.58. The highest BCUT2D eigenvalue weighted by atomic mass is 35.5. The van der Waals surface area contributed by atoms with Gasteiger partial charge in [0.1, 0.15) is 16.8 Å². The minimum atomic E-state index is -0.130. The molecule has 0 radical (unpaired) electrons. The number of nitrogens with zero attached hydrogens (tertiary/aromatic N) is 3. The number of hydrogen-bond donors (Lipinski definition) is 0. The predicted molar refractivity (Wildman–Crippen MR) is 71.3 cm³/mol. The van der Waals surface area contributed by atoms with Gasteiger partial charge in [-0.1, -0.05) is 11.6 Å². The molecule has 2 aliphatic rings. The van der Waals surface area contributed by atoms with Gasteiger partial charge in [-0.15, -0.1) is 0 Å². The molecule has 0 N–H and O–H groups in total. The third-order valence-electron chi connectivity index (χ3n) is 3.39. The van der Waals surface area contributed by atoms with Crippen molar-refractivity contribution in [1.82, 2.24) is 9.97 Å². The first kappa shape index (κ1) is 12.2. The van der Waals surface area contributed by atoms with E-state index in [1.807, 2.05) is 6.07 Å². The minimum Gasteiger partial charge on any atom is -0.372 e. The number of rotatable bonds is 2. The maximum atomic E-state index is 6.10.